The average molecular weight is 337 g/mol. The molecule has 3 rings (SSSR count). The summed E-state index contributed by atoms with van der Waals surface area (Å²) in [6.45, 7) is 0.213. The summed E-state index contributed by atoms with van der Waals surface area (Å²) in [5.41, 5.74) is -3.20. The van der Waals surface area contributed by atoms with Crippen molar-refractivity contribution in [3.8, 4) is 0 Å². The first-order valence-electron chi connectivity index (χ1n) is 6.50. The molecule has 1 fully saturated rings. The van der Waals surface area contributed by atoms with Crippen molar-refractivity contribution in [3.05, 3.63) is 47.0 Å². The summed E-state index contributed by atoms with van der Waals surface area (Å²) in [5, 5.41) is 0. The molecule has 124 valence electrons. The fourth-order valence-corrected chi connectivity index (χ4v) is 2.65. The summed E-state index contributed by atoms with van der Waals surface area (Å²) in [6.07, 6.45) is -8.71. The second-order valence-electron chi connectivity index (χ2n) is 5.21. The number of halogens is 6. The first-order valence-corrected chi connectivity index (χ1v) is 6.50. The quantitative estimate of drug-likeness (QED) is 0.569. The van der Waals surface area contributed by atoms with E-state index in [0.29, 0.717) is 12.1 Å². The van der Waals surface area contributed by atoms with Crippen LogP contribution in [0.25, 0.3) is 0 Å². The van der Waals surface area contributed by atoms with E-state index in [1.165, 1.54) is 11.0 Å². The molecule has 2 atom stereocenters. The van der Waals surface area contributed by atoms with Crippen LogP contribution in [0.2, 0.25) is 0 Å². The largest absolute Gasteiger partial charge is 0.439 e. The maximum atomic E-state index is 12.9. The number of cyclic esters (lactones) is 1. The van der Waals surface area contributed by atoms with Gasteiger partial charge in [-0.3, -0.25) is 4.90 Å². The van der Waals surface area contributed by atoms with Gasteiger partial charge < -0.3 is 4.74 Å². The number of nitrogens with zero attached hydrogens (tertiary/aromatic N) is 1. The van der Waals surface area contributed by atoms with E-state index in [4.69, 9.17) is 4.74 Å². The van der Waals surface area contributed by atoms with E-state index in [-0.39, 0.29) is 18.2 Å². The Labute approximate surface area is 126 Å². The van der Waals surface area contributed by atoms with Crippen molar-refractivity contribution in [2.45, 2.75) is 24.5 Å². The van der Waals surface area contributed by atoms with E-state index >= 15 is 0 Å². The zero-order valence-electron chi connectivity index (χ0n) is 11.3. The van der Waals surface area contributed by atoms with E-state index < -0.39 is 41.7 Å². The molecule has 1 aromatic carbocycles. The highest BCUT2D eigenvalue weighted by molar-refractivity contribution is 5.72. The van der Waals surface area contributed by atoms with Gasteiger partial charge in [-0.1, -0.05) is 12.2 Å². The van der Waals surface area contributed by atoms with Gasteiger partial charge in [0, 0.05) is 6.54 Å². The highest BCUT2D eigenvalue weighted by atomic mass is 19.4. The smallest absolute Gasteiger partial charge is 0.416 e. The maximum absolute atomic E-state index is 12.9. The summed E-state index contributed by atoms with van der Waals surface area (Å²) in [5.74, 6) is 0. The monoisotopic (exact) mass is 337 g/mol. The molecule has 2 heterocycles. The summed E-state index contributed by atoms with van der Waals surface area (Å²) >= 11 is 0. The predicted molar refractivity (Wildman–Crippen MR) is 65.3 cm³/mol. The molecular weight excluding hydrogens is 328 g/mol. The molecule has 1 amide bonds. The molecule has 2 aliphatic rings. The van der Waals surface area contributed by atoms with Gasteiger partial charge in [-0.05, 0) is 23.8 Å². The van der Waals surface area contributed by atoms with Crippen molar-refractivity contribution in [1.82, 2.24) is 4.90 Å². The van der Waals surface area contributed by atoms with Crippen LogP contribution in [0.3, 0.4) is 0 Å². The van der Waals surface area contributed by atoms with Gasteiger partial charge in [-0.25, -0.2) is 4.79 Å². The molecule has 1 unspecified atom stereocenters. The lowest BCUT2D eigenvalue weighted by atomic mass is 9.97. The lowest BCUT2D eigenvalue weighted by Crippen LogP contribution is -2.28. The van der Waals surface area contributed by atoms with Crippen LogP contribution in [0.5, 0.6) is 0 Å². The number of carbonyl (C=O) groups is 1. The van der Waals surface area contributed by atoms with Crippen molar-refractivity contribution < 1.29 is 35.9 Å². The molecule has 0 N–H and O–H groups in total. The third kappa shape index (κ3) is 2.75. The summed E-state index contributed by atoms with van der Waals surface area (Å²) < 4.78 is 82.2. The lowest BCUT2D eigenvalue weighted by molar-refractivity contribution is -0.143. The molecule has 0 aromatic heterocycles. The van der Waals surface area contributed by atoms with E-state index in [2.05, 4.69) is 0 Å². The molecule has 2 aliphatic heterocycles. The van der Waals surface area contributed by atoms with Gasteiger partial charge in [-0.2, -0.15) is 26.3 Å². The first-order chi connectivity index (χ1) is 10.6. The highest BCUT2D eigenvalue weighted by Crippen LogP contribution is 2.41. The number of fused-ring (bicyclic) bond motifs is 1. The Kier molecular flexibility index (Phi) is 3.35. The second kappa shape index (κ2) is 4.90. The van der Waals surface area contributed by atoms with Crippen LogP contribution in [0.15, 0.2) is 30.4 Å². The van der Waals surface area contributed by atoms with Gasteiger partial charge >= 0.3 is 18.4 Å². The highest BCUT2D eigenvalue weighted by Gasteiger charge is 2.45. The van der Waals surface area contributed by atoms with E-state index in [1.54, 1.807) is 6.08 Å². The van der Waals surface area contributed by atoms with E-state index in [9.17, 15) is 31.1 Å². The summed E-state index contributed by atoms with van der Waals surface area (Å²) in [7, 11) is 0. The number of rotatable bonds is 1. The van der Waals surface area contributed by atoms with Crippen molar-refractivity contribution in [3.63, 3.8) is 0 Å². The van der Waals surface area contributed by atoms with E-state index in [1.807, 2.05) is 0 Å². The molecule has 1 saturated heterocycles. The van der Waals surface area contributed by atoms with Gasteiger partial charge in [0.2, 0.25) is 0 Å². The van der Waals surface area contributed by atoms with Gasteiger partial charge in [0.15, 0.2) is 6.10 Å². The van der Waals surface area contributed by atoms with E-state index in [0.717, 1.165) is 0 Å². The Hall–Kier alpha value is -2.19. The number of ether oxygens (including phenoxy) is 1. The molecule has 0 bridgehead atoms. The average Bonchev–Trinajstić information content (AvgIpc) is 3.01. The minimum absolute atomic E-state index is 0.0442. The Bertz CT molecular complexity index is 647. The molecule has 1 aromatic rings. The van der Waals surface area contributed by atoms with Gasteiger partial charge in [0.25, 0.3) is 0 Å². The third-order valence-corrected chi connectivity index (χ3v) is 3.71. The molecule has 0 spiro atoms. The maximum Gasteiger partial charge on any atom is 0.416 e. The number of alkyl halides is 6. The third-order valence-electron chi connectivity index (χ3n) is 3.71. The lowest BCUT2D eigenvalue weighted by Gasteiger charge is -2.19. The molecule has 0 saturated carbocycles. The second-order valence-corrected chi connectivity index (χ2v) is 5.21. The fourth-order valence-electron chi connectivity index (χ4n) is 2.65. The Morgan fingerprint density at radius 3 is 2.09 bits per heavy atom. The van der Waals surface area contributed by atoms with Crippen molar-refractivity contribution >= 4 is 6.09 Å². The Balaban J connectivity index is 2.08. The Morgan fingerprint density at radius 2 is 1.57 bits per heavy atom. The van der Waals surface area contributed by atoms with Crippen LogP contribution < -0.4 is 0 Å². The minimum atomic E-state index is -4.94. The molecule has 0 aliphatic carbocycles. The van der Waals surface area contributed by atoms with Gasteiger partial charge in [-0.15, -0.1) is 0 Å². The predicted octanol–water partition coefficient (Wildman–Crippen LogP) is 4.16. The zero-order chi connectivity index (χ0) is 17.0. The van der Waals surface area contributed by atoms with Gasteiger partial charge in [0.1, 0.15) is 0 Å². The first kappa shape index (κ1) is 15.7. The summed E-state index contributed by atoms with van der Waals surface area (Å²) in [4.78, 5) is 12.9. The molecule has 9 heteroatoms. The zero-order valence-corrected chi connectivity index (χ0v) is 11.3. The van der Waals surface area contributed by atoms with Crippen molar-refractivity contribution in [1.29, 1.82) is 0 Å². The standard InChI is InChI=1S/C14H9F6NO2/c15-13(16,17)8-4-7(5-9(6-8)14(18,19)20)11-10-2-1-3-21(10)12(22)23-11/h1-2,4-6,10-11H,3H2/t10?,11-/m1/s1. The molecule has 23 heavy (non-hydrogen) atoms. The topological polar surface area (TPSA) is 29.5 Å². The number of carbonyl (C=O) groups excluding carboxylic acids is 1. The minimum Gasteiger partial charge on any atom is -0.439 e. The fraction of sp³-hybridized carbons (Fsp3) is 0.357. The summed E-state index contributed by atoms with van der Waals surface area (Å²) in [6, 6.07) is 0.515. The van der Waals surface area contributed by atoms with Gasteiger partial charge in [0.05, 0.1) is 17.2 Å². The Morgan fingerprint density at radius 1 is 1.00 bits per heavy atom. The molecule has 3 nitrogen and oxygen atoms in total. The normalized spacial score (nSPS) is 24.1. The number of amides is 1. The van der Waals surface area contributed by atoms with Crippen LogP contribution >= 0.6 is 0 Å². The molecular formula is C14H9F6NO2. The van der Waals surface area contributed by atoms with Crippen molar-refractivity contribution in [2.24, 2.45) is 0 Å². The van der Waals surface area contributed by atoms with Crippen LogP contribution in [-0.2, 0) is 17.1 Å². The van der Waals surface area contributed by atoms with Crippen molar-refractivity contribution in [2.75, 3.05) is 6.54 Å². The number of benzene rings is 1. The van der Waals surface area contributed by atoms with Crippen LogP contribution in [0, 0.1) is 0 Å². The molecule has 0 radical (unpaired) electrons. The van der Waals surface area contributed by atoms with Crippen LogP contribution in [-0.4, -0.2) is 23.6 Å². The van der Waals surface area contributed by atoms with Crippen LogP contribution in [0.1, 0.15) is 22.8 Å². The SMILES string of the molecule is O=C1O[C@H](c2cc(C(F)(F)F)cc(C(F)(F)F)c2)C2C=CCN12. The van der Waals surface area contributed by atoms with Crippen LogP contribution in [0.4, 0.5) is 31.1 Å². The number of hydrogen-bond acceptors (Lipinski definition) is 2. The number of hydrogen-bond donors (Lipinski definition) is 0.